The van der Waals surface area contributed by atoms with E-state index >= 15 is 0 Å². The van der Waals surface area contributed by atoms with Crippen molar-refractivity contribution >= 4 is 33.0 Å². The van der Waals surface area contributed by atoms with Gasteiger partial charge in [-0.2, -0.15) is 0 Å². The molecule has 14 heavy (non-hydrogen) atoms. The minimum Gasteiger partial charge on any atom is -0.495 e. The van der Waals surface area contributed by atoms with Gasteiger partial charge in [-0.15, -0.1) is 11.3 Å². The molecule has 1 aromatic carbocycles. The Morgan fingerprint density at radius 2 is 2.29 bits per heavy atom. The molecule has 0 spiro atoms. The number of ether oxygens (including phenoxy) is 1. The number of hydrogen-bond donors (Lipinski definition) is 0. The molecule has 0 fully saturated rings. The molecule has 0 unspecified atom stereocenters. The van der Waals surface area contributed by atoms with Crippen LogP contribution in [0.2, 0.25) is 5.02 Å². The number of hydrogen-bond acceptors (Lipinski definition) is 2. The molecule has 0 aliphatic carbocycles. The number of methoxy groups -OCH3 is 1. The van der Waals surface area contributed by atoms with Gasteiger partial charge in [-0.1, -0.05) is 18.5 Å². The molecule has 1 nitrogen and oxygen atoms in total. The highest BCUT2D eigenvalue weighted by Crippen LogP contribution is 2.38. The molecule has 0 bridgehead atoms. The van der Waals surface area contributed by atoms with E-state index in [1.807, 2.05) is 6.07 Å². The van der Waals surface area contributed by atoms with Crippen molar-refractivity contribution in [1.82, 2.24) is 0 Å². The van der Waals surface area contributed by atoms with Crippen molar-refractivity contribution in [1.29, 1.82) is 0 Å². The Balaban J connectivity index is 2.82. The fourth-order valence-electron chi connectivity index (χ4n) is 1.63. The number of thiophene rings is 1. The normalized spacial score (nSPS) is 10.8. The molecule has 2 rings (SSSR count). The molecule has 0 radical (unpaired) electrons. The minimum atomic E-state index is 0.801. The Morgan fingerprint density at radius 1 is 1.50 bits per heavy atom. The van der Waals surface area contributed by atoms with Gasteiger partial charge in [0.05, 0.1) is 11.8 Å². The molecule has 1 heterocycles. The summed E-state index contributed by atoms with van der Waals surface area (Å²) in [5, 5.41) is 4.02. The van der Waals surface area contributed by atoms with Gasteiger partial charge in [0.2, 0.25) is 0 Å². The van der Waals surface area contributed by atoms with Crippen molar-refractivity contribution < 1.29 is 4.74 Å². The molecular formula is C11H11ClOS. The predicted octanol–water partition coefficient (Wildman–Crippen LogP) is 4.13. The highest BCUT2D eigenvalue weighted by atomic mass is 35.5. The maximum Gasteiger partial charge on any atom is 0.141 e. The first-order valence-electron chi connectivity index (χ1n) is 4.50. The number of benzene rings is 1. The van der Waals surface area contributed by atoms with Gasteiger partial charge < -0.3 is 4.74 Å². The average Bonchev–Trinajstić information content (AvgIpc) is 2.62. The molecule has 0 saturated carbocycles. The third kappa shape index (κ3) is 1.39. The third-order valence-corrected chi connectivity index (χ3v) is 3.57. The van der Waals surface area contributed by atoms with Crippen LogP contribution in [0.4, 0.5) is 0 Å². The fraction of sp³-hybridized carbons (Fsp3) is 0.273. The lowest BCUT2D eigenvalue weighted by molar-refractivity contribution is 0.416. The first-order chi connectivity index (χ1) is 6.77. The van der Waals surface area contributed by atoms with Crippen molar-refractivity contribution in [2.75, 3.05) is 7.11 Å². The summed E-state index contributed by atoms with van der Waals surface area (Å²) in [4.78, 5) is 0. The number of fused-ring (bicyclic) bond motifs is 1. The molecule has 1 aromatic heterocycles. The third-order valence-electron chi connectivity index (χ3n) is 2.30. The van der Waals surface area contributed by atoms with Crippen LogP contribution in [0.25, 0.3) is 10.1 Å². The van der Waals surface area contributed by atoms with E-state index in [1.54, 1.807) is 18.4 Å². The van der Waals surface area contributed by atoms with Crippen molar-refractivity contribution in [3.63, 3.8) is 0 Å². The van der Waals surface area contributed by atoms with E-state index in [1.165, 1.54) is 4.70 Å². The second-order valence-corrected chi connectivity index (χ2v) is 4.39. The van der Waals surface area contributed by atoms with E-state index in [9.17, 15) is 0 Å². The molecule has 0 amide bonds. The summed E-state index contributed by atoms with van der Waals surface area (Å²) in [5.41, 5.74) is 1.10. The lowest BCUT2D eigenvalue weighted by atomic mass is 10.1. The lowest BCUT2D eigenvalue weighted by Gasteiger charge is -2.09. The van der Waals surface area contributed by atoms with Gasteiger partial charge >= 0.3 is 0 Å². The van der Waals surface area contributed by atoms with Crippen LogP contribution in [0.3, 0.4) is 0 Å². The molecule has 2 aromatic rings. The molecule has 0 aliphatic rings. The van der Waals surface area contributed by atoms with Gasteiger partial charge in [-0.05, 0) is 29.3 Å². The van der Waals surface area contributed by atoms with E-state index in [0.717, 1.165) is 28.1 Å². The summed E-state index contributed by atoms with van der Waals surface area (Å²) in [6.07, 6.45) is 0.899. The first-order valence-corrected chi connectivity index (χ1v) is 5.76. The largest absolute Gasteiger partial charge is 0.495 e. The van der Waals surface area contributed by atoms with Gasteiger partial charge in [0.1, 0.15) is 5.75 Å². The Morgan fingerprint density at radius 3 is 2.93 bits per heavy atom. The van der Waals surface area contributed by atoms with Crippen LogP contribution in [0.1, 0.15) is 12.5 Å². The molecule has 3 heteroatoms. The summed E-state index contributed by atoms with van der Waals surface area (Å²) in [6.45, 7) is 2.09. The predicted molar refractivity (Wildman–Crippen MR) is 62.8 cm³/mol. The van der Waals surface area contributed by atoms with Crippen LogP contribution in [0.15, 0.2) is 17.5 Å². The molecule has 0 N–H and O–H groups in total. The minimum absolute atomic E-state index is 0.801. The van der Waals surface area contributed by atoms with E-state index < -0.39 is 0 Å². The van der Waals surface area contributed by atoms with Crippen LogP contribution in [-0.4, -0.2) is 7.11 Å². The molecule has 0 aliphatic heterocycles. The van der Waals surface area contributed by atoms with Gasteiger partial charge in [-0.25, -0.2) is 0 Å². The quantitative estimate of drug-likeness (QED) is 0.749. The molecule has 0 atom stereocenters. The topological polar surface area (TPSA) is 9.23 Å². The van der Waals surface area contributed by atoms with Gasteiger partial charge in [0, 0.05) is 10.6 Å². The molecule has 0 saturated heterocycles. The van der Waals surface area contributed by atoms with Crippen LogP contribution >= 0.6 is 22.9 Å². The summed E-state index contributed by atoms with van der Waals surface area (Å²) in [7, 11) is 1.70. The van der Waals surface area contributed by atoms with Crippen molar-refractivity contribution in [3.05, 3.63) is 28.1 Å². The van der Waals surface area contributed by atoms with Crippen molar-refractivity contribution in [2.24, 2.45) is 0 Å². The Kier molecular flexibility index (Phi) is 2.66. The standard InChI is InChI=1S/C11H11ClOS/c1-3-8-9(12)6-7-4-5-14-11(7)10(8)13-2/h4-6H,3H2,1-2H3. The smallest absolute Gasteiger partial charge is 0.141 e. The number of halogens is 1. The van der Waals surface area contributed by atoms with Gasteiger partial charge in [-0.3, -0.25) is 0 Å². The SMILES string of the molecule is CCc1c(Cl)cc2ccsc2c1OC. The van der Waals surface area contributed by atoms with Crippen molar-refractivity contribution in [2.45, 2.75) is 13.3 Å². The van der Waals surface area contributed by atoms with Gasteiger partial charge in [0.25, 0.3) is 0 Å². The zero-order valence-corrected chi connectivity index (χ0v) is 9.71. The highest BCUT2D eigenvalue weighted by Gasteiger charge is 2.12. The zero-order chi connectivity index (χ0) is 10.1. The van der Waals surface area contributed by atoms with Crippen LogP contribution in [0.5, 0.6) is 5.75 Å². The average molecular weight is 227 g/mol. The fourth-order valence-corrected chi connectivity index (χ4v) is 2.90. The van der Waals surface area contributed by atoms with Gasteiger partial charge in [0.15, 0.2) is 0 Å². The summed E-state index contributed by atoms with van der Waals surface area (Å²) < 4.78 is 6.60. The Bertz CT molecular complexity index is 462. The number of rotatable bonds is 2. The van der Waals surface area contributed by atoms with Crippen LogP contribution < -0.4 is 4.74 Å². The lowest BCUT2D eigenvalue weighted by Crippen LogP contribution is -1.91. The maximum absolute atomic E-state index is 6.17. The Labute approximate surface area is 92.3 Å². The highest BCUT2D eigenvalue weighted by molar-refractivity contribution is 7.17. The van der Waals surface area contributed by atoms with Crippen LogP contribution in [0, 0.1) is 0 Å². The molecule has 74 valence electrons. The second-order valence-electron chi connectivity index (χ2n) is 3.06. The van der Waals surface area contributed by atoms with Crippen molar-refractivity contribution in [3.8, 4) is 5.75 Å². The monoisotopic (exact) mass is 226 g/mol. The first kappa shape index (κ1) is 9.81. The van der Waals surface area contributed by atoms with E-state index in [4.69, 9.17) is 16.3 Å². The van der Waals surface area contributed by atoms with E-state index in [-0.39, 0.29) is 0 Å². The maximum atomic E-state index is 6.17. The zero-order valence-electron chi connectivity index (χ0n) is 8.13. The molecular weight excluding hydrogens is 216 g/mol. The van der Waals surface area contributed by atoms with E-state index in [2.05, 4.69) is 18.4 Å². The summed E-state index contributed by atoms with van der Waals surface area (Å²) in [5.74, 6) is 0.935. The second kappa shape index (κ2) is 3.79. The summed E-state index contributed by atoms with van der Waals surface area (Å²) >= 11 is 7.86. The van der Waals surface area contributed by atoms with Crippen LogP contribution in [-0.2, 0) is 6.42 Å². The Hall–Kier alpha value is -0.730. The summed E-state index contributed by atoms with van der Waals surface area (Å²) in [6, 6.07) is 4.07. The van der Waals surface area contributed by atoms with E-state index in [0.29, 0.717) is 0 Å².